The fraction of sp³-hybridized carbons (Fsp3) is 0.143. The lowest BCUT2D eigenvalue weighted by atomic mass is 9.99. The van der Waals surface area contributed by atoms with E-state index in [2.05, 4.69) is 15.9 Å². The molecule has 0 bridgehead atoms. The Morgan fingerprint density at radius 2 is 1.89 bits per heavy atom. The minimum atomic E-state index is -0.467. The van der Waals surface area contributed by atoms with Crippen LogP contribution >= 0.6 is 27.5 Å². The molecule has 0 aliphatic carbocycles. The summed E-state index contributed by atoms with van der Waals surface area (Å²) in [4.78, 5) is 0. The molecule has 0 amide bonds. The fourth-order valence-electron chi connectivity index (χ4n) is 1.84. The van der Waals surface area contributed by atoms with Crippen molar-refractivity contribution in [2.24, 2.45) is 5.73 Å². The Balaban J connectivity index is 2.23. The van der Waals surface area contributed by atoms with Gasteiger partial charge in [-0.05, 0) is 51.7 Å². The van der Waals surface area contributed by atoms with Crippen LogP contribution in [0.3, 0.4) is 0 Å². The predicted octanol–water partition coefficient (Wildman–Crippen LogP) is 4.62. The molecule has 2 N–H and O–H groups in total. The second-order valence-electron chi connectivity index (χ2n) is 4.20. The first-order valence-electron chi connectivity index (χ1n) is 5.62. The van der Waals surface area contributed by atoms with Gasteiger partial charge in [-0.3, -0.25) is 0 Å². The maximum absolute atomic E-state index is 13.4. The monoisotopic (exact) mass is 345 g/mol. The Kier molecular flexibility index (Phi) is 4.55. The molecule has 0 radical (unpaired) electrons. The molecular formula is C14H11BrClF2N. The van der Waals surface area contributed by atoms with Crippen molar-refractivity contribution >= 4 is 27.5 Å². The summed E-state index contributed by atoms with van der Waals surface area (Å²) >= 11 is 8.89. The van der Waals surface area contributed by atoms with Gasteiger partial charge in [0.25, 0.3) is 0 Å². The van der Waals surface area contributed by atoms with Gasteiger partial charge in [0, 0.05) is 6.04 Å². The standard InChI is InChI=1S/C14H11BrClF2N/c15-14-9(2-1-3-12(14)18)13(19)7-8-4-5-11(17)10(16)6-8/h1-6,13H,7,19H2. The van der Waals surface area contributed by atoms with Crippen molar-refractivity contribution in [3.8, 4) is 0 Å². The molecule has 0 aliphatic heterocycles. The van der Waals surface area contributed by atoms with Gasteiger partial charge in [0.1, 0.15) is 11.6 Å². The lowest BCUT2D eigenvalue weighted by molar-refractivity contribution is 0.609. The third-order valence-electron chi connectivity index (χ3n) is 2.82. The van der Waals surface area contributed by atoms with E-state index in [9.17, 15) is 8.78 Å². The number of rotatable bonds is 3. The molecule has 0 aromatic heterocycles. The highest BCUT2D eigenvalue weighted by Gasteiger charge is 2.14. The van der Waals surface area contributed by atoms with Gasteiger partial charge in [-0.15, -0.1) is 0 Å². The smallest absolute Gasteiger partial charge is 0.141 e. The fourth-order valence-corrected chi connectivity index (χ4v) is 2.60. The zero-order valence-electron chi connectivity index (χ0n) is 9.84. The number of halogens is 4. The molecule has 0 saturated heterocycles. The summed E-state index contributed by atoms with van der Waals surface area (Å²) in [5, 5.41) is 0.0583. The summed E-state index contributed by atoms with van der Waals surface area (Å²) in [6.45, 7) is 0. The maximum atomic E-state index is 13.4. The average molecular weight is 347 g/mol. The molecule has 2 rings (SSSR count). The summed E-state index contributed by atoms with van der Waals surface area (Å²) in [5.41, 5.74) is 7.52. The van der Waals surface area contributed by atoms with E-state index >= 15 is 0 Å². The van der Waals surface area contributed by atoms with Crippen molar-refractivity contribution in [1.82, 2.24) is 0 Å². The topological polar surface area (TPSA) is 26.0 Å². The molecule has 1 unspecified atom stereocenters. The molecule has 19 heavy (non-hydrogen) atoms. The molecule has 0 heterocycles. The quantitative estimate of drug-likeness (QED) is 0.862. The van der Waals surface area contributed by atoms with Gasteiger partial charge in [0.2, 0.25) is 0 Å². The lowest BCUT2D eigenvalue weighted by Gasteiger charge is -2.14. The highest BCUT2D eigenvalue weighted by Crippen LogP contribution is 2.27. The molecule has 1 nitrogen and oxygen atoms in total. The highest BCUT2D eigenvalue weighted by atomic mass is 79.9. The Labute approximate surface area is 123 Å². The maximum Gasteiger partial charge on any atom is 0.141 e. The van der Waals surface area contributed by atoms with E-state index in [4.69, 9.17) is 17.3 Å². The first-order chi connectivity index (χ1) is 8.99. The first-order valence-corrected chi connectivity index (χ1v) is 6.79. The van der Waals surface area contributed by atoms with Crippen LogP contribution in [0.2, 0.25) is 5.02 Å². The summed E-state index contributed by atoms with van der Waals surface area (Å²) in [6.07, 6.45) is 0.446. The van der Waals surface area contributed by atoms with Crippen LogP contribution in [0.1, 0.15) is 17.2 Å². The van der Waals surface area contributed by atoms with E-state index in [0.717, 1.165) is 5.56 Å². The largest absolute Gasteiger partial charge is 0.324 e. The van der Waals surface area contributed by atoms with E-state index < -0.39 is 11.9 Å². The Morgan fingerprint density at radius 3 is 2.58 bits per heavy atom. The Morgan fingerprint density at radius 1 is 1.16 bits per heavy atom. The third-order valence-corrected chi connectivity index (χ3v) is 3.95. The van der Waals surface area contributed by atoms with Crippen LogP contribution in [0.4, 0.5) is 8.78 Å². The molecular weight excluding hydrogens is 336 g/mol. The average Bonchev–Trinajstić information content (AvgIpc) is 2.37. The normalized spacial score (nSPS) is 12.5. The van der Waals surface area contributed by atoms with Gasteiger partial charge < -0.3 is 5.73 Å². The molecule has 0 fully saturated rings. The number of nitrogens with two attached hydrogens (primary N) is 1. The molecule has 0 aliphatic rings. The van der Waals surface area contributed by atoms with E-state index in [1.54, 1.807) is 18.2 Å². The van der Waals surface area contributed by atoms with Crippen LogP contribution in [0.5, 0.6) is 0 Å². The number of hydrogen-bond donors (Lipinski definition) is 1. The van der Waals surface area contributed by atoms with E-state index in [1.807, 2.05) is 0 Å². The van der Waals surface area contributed by atoms with E-state index in [0.29, 0.717) is 16.5 Å². The molecule has 5 heteroatoms. The van der Waals surface area contributed by atoms with Gasteiger partial charge >= 0.3 is 0 Å². The Bertz CT molecular complexity index is 604. The third kappa shape index (κ3) is 3.32. The molecule has 2 aromatic rings. The van der Waals surface area contributed by atoms with E-state index in [-0.39, 0.29) is 10.8 Å². The minimum Gasteiger partial charge on any atom is -0.324 e. The van der Waals surface area contributed by atoms with Crippen LogP contribution in [0, 0.1) is 11.6 Å². The molecule has 0 saturated carbocycles. The van der Waals surface area contributed by atoms with Crippen molar-refractivity contribution in [1.29, 1.82) is 0 Å². The predicted molar refractivity (Wildman–Crippen MR) is 76.1 cm³/mol. The van der Waals surface area contributed by atoms with Gasteiger partial charge in [0.15, 0.2) is 0 Å². The molecule has 100 valence electrons. The van der Waals surface area contributed by atoms with Crippen molar-refractivity contribution in [2.45, 2.75) is 12.5 Å². The summed E-state index contributed by atoms with van der Waals surface area (Å²) in [7, 11) is 0. The van der Waals surface area contributed by atoms with Crippen LogP contribution < -0.4 is 5.73 Å². The van der Waals surface area contributed by atoms with Crippen molar-refractivity contribution in [3.63, 3.8) is 0 Å². The Hall–Kier alpha value is -0.970. The second kappa shape index (κ2) is 5.99. The minimum absolute atomic E-state index is 0.0583. The van der Waals surface area contributed by atoms with Crippen LogP contribution in [-0.4, -0.2) is 0 Å². The zero-order chi connectivity index (χ0) is 14.0. The van der Waals surface area contributed by atoms with Gasteiger partial charge in [-0.1, -0.05) is 29.8 Å². The van der Waals surface area contributed by atoms with Gasteiger partial charge in [-0.25, -0.2) is 8.78 Å². The summed E-state index contributed by atoms with van der Waals surface area (Å²) in [5.74, 6) is -0.823. The summed E-state index contributed by atoms with van der Waals surface area (Å²) < 4.78 is 26.8. The van der Waals surface area contributed by atoms with Crippen molar-refractivity contribution < 1.29 is 8.78 Å². The number of benzene rings is 2. The lowest BCUT2D eigenvalue weighted by Crippen LogP contribution is -2.14. The van der Waals surface area contributed by atoms with Crippen molar-refractivity contribution in [2.75, 3.05) is 0 Å². The second-order valence-corrected chi connectivity index (χ2v) is 5.40. The van der Waals surface area contributed by atoms with Crippen LogP contribution in [0.25, 0.3) is 0 Å². The zero-order valence-corrected chi connectivity index (χ0v) is 12.2. The SMILES string of the molecule is NC(Cc1ccc(F)c(Cl)c1)c1cccc(F)c1Br. The van der Waals surface area contributed by atoms with Gasteiger partial charge in [0.05, 0.1) is 9.50 Å². The first kappa shape index (κ1) is 14.4. The molecule has 0 spiro atoms. The molecule has 1 atom stereocenters. The molecule has 2 aromatic carbocycles. The number of hydrogen-bond acceptors (Lipinski definition) is 1. The van der Waals surface area contributed by atoms with E-state index in [1.165, 1.54) is 18.2 Å². The van der Waals surface area contributed by atoms with Crippen LogP contribution in [0.15, 0.2) is 40.9 Å². The van der Waals surface area contributed by atoms with Crippen molar-refractivity contribution in [3.05, 3.63) is 68.7 Å². The summed E-state index contributed by atoms with van der Waals surface area (Å²) in [6, 6.07) is 8.76. The van der Waals surface area contributed by atoms with Gasteiger partial charge in [-0.2, -0.15) is 0 Å². The van der Waals surface area contributed by atoms with Crippen LogP contribution in [-0.2, 0) is 6.42 Å². The highest BCUT2D eigenvalue weighted by molar-refractivity contribution is 9.10.